The maximum atomic E-state index is 3.52. The molecule has 6 heteroatoms. The molecule has 0 atom stereocenters. The summed E-state index contributed by atoms with van der Waals surface area (Å²) in [4.78, 5) is 5.25. The fraction of sp³-hybridized carbons (Fsp3) is 1.00. The Hall–Kier alpha value is 0.750. The normalized spacial score (nSPS) is 26.6. The third-order valence-electron chi connectivity index (χ3n) is 5.94. The summed E-state index contributed by atoms with van der Waals surface area (Å²) in [7, 11) is 2.26. The van der Waals surface area contributed by atoms with Crippen LogP contribution in [0.5, 0.6) is 0 Å². The lowest BCUT2D eigenvalue weighted by molar-refractivity contribution is 0.0575. The second kappa shape index (κ2) is 10.6. The zero-order valence-electron chi connectivity index (χ0n) is 13.9. The molecule has 0 aromatic carbocycles. The van der Waals surface area contributed by atoms with E-state index in [-0.39, 0.29) is 37.2 Å². The highest BCUT2D eigenvalue weighted by Crippen LogP contribution is 2.39. The number of rotatable bonds is 2. The number of likely N-dealkylation sites (tertiary alicyclic amines) is 2. The molecule has 0 saturated carbocycles. The molecule has 1 spiro atoms. The Morgan fingerprint density at radius 3 is 1.95 bits per heavy atom. The predicted octanol–water partition coefficient (Wildman–Crippen LogP) is 3.06. The maximum absolute atomic E-state index is 3.52. The van der Waals surface area contributed by atoms with Crippen LogP contribution in [0.2, 0.25) is 0 Å². The Kier molecular flexibility index (Phi) is 10.9. The Balaban J connectivity index is 0.00000147. The van der Waals surface area contributed by atoms with E-state index < -0.39 is 0 Å². The summed E-state index contributed by atoms with van der Waals surface area (Å²) in [6.07, 6.45) is 8.61. The van der Waals surface area contributed by atoms with Crippen molar-refractivity contribution in [2.75, 3.05) is 52.9 Å². The van der Waals surface area contributed by atoms with Gasteiger partial charge in [0, 0.05) is 6.54 Å². The highest BCUT2D eigenvalue weighted by Gasteiger charge is 2.35. The minimum atomic E-state index is 0. The molecular weight excluding hydrogens is 341 g/mol. The molecule has 134 valence electrons. The van der Waals surface area contributed by atoms with Crippen molar-refractivity contribution in [2.24, 2.45) is 11.3 Å². The Morgan fingerprint density at radius 1 is 0.864 bits per heavy atom. The van der Waals surface area contributed by atoms with Crippen molar-refractivity contribution in [2.45, 2.75) is 38.5 Å². The number of nitrogens with one attached hydrogen (secondary N) is 1. The van der Waals surface area contributed by atoms with Gasteiger partial charge in [0.15, 0.2) is 0 Å². The van der Waals surface area contributed by atoms with Crippen LogP contribution < -0.4 is 5.32 Å². The van der Waals surface area contributed by atoms with Crippen molar-refractivity contribution in [3.05, 3.63) is 0 Å². The van der Waals surface area contributed by atoms with E-state index in [9.17, 15) is 0 Å². The van der Waals surface area contributed by atoms with Crippen molar-refractivity contribution >= 4 is 37.2 Å². The molecule has 0 aliphatic carbocycles. The first-order valence-electron chi connectivity index (χ1n) is 8.37. The quantitative estimate of drug-likeness (QED) is 0.801. The molecule has 1 N–H and O–H groups in total. The third kappa shape index (κ3) is 5.99. The molecule has 3 heterocycles. The van der Waals surface area contributed by atoms with Gasteiger partial charge in [0.05, 0.1) is 0 Å². The van der Waals surface area contributed by atoms with E-state index >= 15 is 0 Å². The molecule has 0 aromatic rings. The Morgan fingerprint density at radius 2 is 1.41 bits per heavy atom. The standard InChI is InChI=1S/C16H31N3.3ClH/c1-18-10-2-15(3-11-18)14-19-12-6-16(7-13-19)4-8-17-9-5-16;;;/h15,17H,2-14H2,1H3;3*1H. The Bertz CT molecular complexity index is 280. The summed E-state index contributed by atoms with van der Waals surface area (Å²) in [5, 5.41) is 3.52. The van der Waals surface area contributed by atoms with E-state index in [1.165, 1.54) is 84.3 Å². The molecule has 3 fully saturated rings. The van der Waals surface area contributed by atoms with Crippen LogP contribution in [0.1, 0.15) is 38.5 Å². The molecule has 0 radical (unpaired) electrons. The molecule has 3 rings (SSSR count). The first kappa shape index (κ1) is 22.8. The van der Waals surface area contributed by atoms with E-state index in [2.05, 4.69) is 22.2 Å². The van der Waals surface area contributed by atoms with Crippen molar-refractivity contribution < 1.29 is 0 Å². The van der Waals surface area contributed by atoms with Crippen molar-refractivity contribution in [3.8, 4) is 0 Å². The van der Waals surface area contributed by atoms with E-state index in [0.717, 1.165) is 5.92 Å². The number of halogens is 3. The van der Waals surface area contributed by atoms with E-state index in [4.69, 9.17) is 0 Å². The molecule has 0 bridgehead atoms. The van der Waals surface area contributed by atoms with Gasteiger partial charge in [0.2, 0.25) is 0 Å². The number of hydrogen-bond acceptors (Lipinski definition) is 3. The van der Waals surface area contributed by atoms with Gasteiger partial charge in [-0.05, 0) is 96.2 Å². The summed E-state index contributed by atoms with van der Waals surface area (Å²) in [5.41, 5.74) is 0.717. The van der Waals surface area contributed by atoms with Gasteiger partial charge in [0.25, 0.3) is 0 Å². The van der Waals surface area contributed by atoms with Crippen molar-refractivity contribution in [3.63, 3.8) is 0 Å². The second-order valence-corrected chi connectivity index (χ2v) is 7.30. The molecule has 22 heavy (non-hydrogen) atoms. The third-order valence-corrected chi connectivity index (χ3v) is 5.94. The number of nitrogens with zero attached hydrogens (tertiary/aromatic N) is 2. The average molecular weight is 375 g/mol. The topological polar surface area (TPSA) is 18.5 Å². The first-order valence-corrected chi connectivity index (χ1v) is 8.37. The van der Waals surface area contributed by atoms with Gasteiger partial charge < -0.3 is 15.1 Å². The van der Waals surface area contributed by atoms with Gasteiger partial charge in [-0.15, -0.1) is 37.2 Å². The van der Waals surface area contributed by atoms with Gasteiger partial charge in [-0.25, -0.2) is 0 Å². The summed E-state index contributed by atoms with van der Waals surface area (Å²) in [6, 6.07) is 0. The molecular formula is C16H34Cl3N3. The SMILES string of the molecule is CN1CCC(CN2CCC3(CCNCC3)CC2)CC1.Cl.Cl.Cl. The van der Waals surface area contributed by atoms with Crippen LogP contribution in [0.15, 0.2) is 0 Å². The zero-order valence-corrected chi connectivity index (χ0v) is 16.3. The van der Waals surface area contributed by atoms with Crippen LogP contribution in [0.4, 0.5) is 0 Å². The van der Waals surface area contributed by atoms with Gasteiger partial charge >= 0.3 is 0 Å². The van der Waals surface area contributed by atoms with Gasteiger partial charge in [-0.3, -0.25) is 0 Å². The summed E-state index contributed by atoms with van der Waals surface area (Å²) in [5.74, 6) is 0.971. The van der Waals surface area contributed by atoms with Crippen LogP contribution >= 0.6 is 37.2 Å². The maximum Gasteiger partial charge on any atom is 0.00106 e. The second-order valence-electron chi connectivity index (χ2n) is 7.30. The molecule has 3 aliphatic heterocycles. The molecule has 0 unspecified atom stereocenters. The largest absolute Gasteiger partial charge is 0.317 e. The van der Waals surface area contributed by atoms with Gasteiger partial charge in [0.1, 0.15) is 0 Å². The van der Waals surface area contributed by atoms with Crippen LogP contribution in [0.25, 0.3) is 0 Å². The molecule has 0 amide bonds. The summed E-state index contributed by atoms with van der Waals surface area (Å²) in [6.45, 7) is 9.26. The lowest BCUT2D eigenvalue weighted by Gasteiger charge is -2.45. The number of piperidine rings is 3. The molecule has 3 nitrogen and oxygen atoms in total. The monoisotopic (exact) mass is 373 g/mol. The fourth-order valence-electron chi connectivity index (χ4n) is 4.28. The summed E-state index contributed by atoms with van der Waals surface area (Å²) >= 11 is 0. The van der Waals surface area contributed by atoms with Gasteiger partial charge in [-0.1, -0.05) is 0 Å². The van der Waals surface area contributed by atoms with E-state index in [0.29, 0.717) is 5.41 Å². The van der Waals surface area contributed by atoms with Crippen LogP contribution in [0.3, 0.4) is 0 Å². The highest BCUT2D eigenvalue weighted by atomic mass is 35.5. The van der Waals surface area contributed by atoms with Crippen LogP contribution in [-0.4, -0.2) is 62.7 Å². The van der Waals surface area contributed by atoms with Crippen LogP contribution in [0, 0.1) is 11.3 Å². The minimum Gasteiger partial charge on any atom is -0.317 e. The van der Waals surface area contributed by atoms with Gasteiger partial charge in [-0.2, -0.15) is 0 Å². The zero-order chi connectivity index (χ0) is 13.1. The van der Waals surface area contributed by atoms with Crippen LogP contribution in [-0.2, 0) is 0 Å². The average Bonchev–Trinajstić information content (AvgIpc) is 2.45. The lowest BCUT2D eigenvalue weighted by Crippen LogP contribution is -2.47. The highest BCUT2D eigenvalue weighted by molar-refractivity contribution is 5.86. The molecule has 3 saturated heterocycles. The number of hydrogen-bond donors (Lipinski definition) is 1. The van der Waals surface area contributed by atoms with E-state index in [1.54, 1.807) is 0 Å². The van der Waals surface area contributed by atoms with Crippen molar-refractivity contribution in [1.82, 2.24) is 15.1 Å². The Labute approximate surface area is 155 Å². The van der Waals surface area contributed by atoms with Crippen molar-refractivity contribution in [1.29, 1.82) is 0 Å². The predicted molar refractivity (Wildman–Crippen MR) is 102 cm³/mol. The fourth-order valence-corrected chi connectivity index (χ4v) is 4.28. The smallest absolute Gasteiger partial charge is 0.00106 e. The minimum absolute atomic E-state index is 0. The molecule has 3 aliphatic rings. The molecule has 0 aromatic heterocycles. The first-order chi connectivity index (χ1) is 9.26. The van der Waals surface area contributed by atoms with E-state index in [1.807, 2.05) is 0 Å². The lowest BCUT2D eigenvalue weighted by atomic mass is 9.71. The summed E-state index contributed by atoms with van der Waals surface area (Å²) < 4.78 is 0.